The number of nitrogens with zero attached hydrogens (tertiary/aromatic N) is 4. The van der Waals surface area contributed by atoms with Crippen molar-refractivity contribution in [2.24, 2.45) is 0 Å². The van der Waals surface area contributed by atoms with Crippen molar-refractivity contribution < 1.29 is 4.74 Å². The van der Waals surface area contributed by atoms with Crippen molar-refractivity contribution in [3.05, 3.63) is 22.5 Å². The molecule has 2 aromatic rings. The quantitative estimate of drug-likeness (QED) is 0.746. The van der Waals surface area contributed by atoms with E-state index in [0.29, 0.717) is 23.9 Å². The minimum atomic E-state index is -0.151. The lowest BCUT2D eigenvalue weighted by atomic mass is 10.3. The summed E-state index contributed by atoms with van der Waals surface area (Å²) in [5.41, 5.74) is 0.494. The molecule has 0 unspecified atom stereocenters. The first kappa shape index (κ1) is 15.6. The molecule has 0 radical (unpaired) electrons. The fourth-order valence-corrected chi connectivity index (χ4v) is 2.41. The number of anilines is 1. The van der Waals surface area contributed by atoms with E-state index in [1.165, 1.54) is 22.1 Å². The van der Waals surface area contributed by atoms with E-state index in [0.717, 1.165) is 24.5 Å². The van der Waals surface area contributed by atoms with E-state index in [4.69, 9.17) is 4.74 Å². The number of hydrogen-bond acceptors (Lipinski definition) is 7. The van der Waals surface area contributed by atoms with Crippen LogP contribution >= 0.6 is 11.3 Å². The number of ether oxygens (including phenoxy) is 1. The van der Waals surface area contributed by atoms with Crippen molar-refractivity contribution in [3.8, 4) is 10.7 Å². The Morgan fingerprint density at radius 2 is 2.24 bits per heavy atom. The predicted octanol–water partition coefficient (Wildman–Crippen LogP) is 1.62. The lowest BCUT2D eigenvalue weighted by molar-refractivity contribution is 0.182. The molecule has 114 valence electrons. The number of methoxy groups -OCH3 is 1. The first-order valence-corrected chi connectivity index (χ1v) is 7.71. The monoisotopic (exact) mass is 309 g/mol. The third-order valence-corrected chi connectivity index (χ3v) is 3.73. The molecule has 0 aliphatic carbocycles. The van der Waals surface area contributed by atoms with E-state index in [9.17, 15) is 4.79 Å². The maximum absolute atomic E-state index is 11.7. The highest BCUT2D eigenvalue weighted by Gasteiger charge is 2.09. The van der Waals surface area contributed by atoms with Crippen molar-refractivity contribution in [1.29, 1.82) is 0 Å². The summed E-state index contributed by atoms with van der Waals surface area (Å²) in [5, 5.41) is 17.2. The van der Waals surface area contributed by atoms with Crippen molar-refractivity contribution >= 4 is 16.5 Å². The van der Waals surface area contributed by atoms with Crippen LogP contribution in [-0.2, 0) is 11.3 Å². The van der Waals surface area contributed by atoms with Crippen LogP contribution in [0.4, 0.5) is 5.13 Å². The average Bonchev–Trinajstić information content (AvgIpc) is 2.95. The summed E-state index contributed by atoms with van der Waals surface area (Å²) in [5.74, 6) is 0. The molecule has 0 saturated heterocycles. The SMILES string of the molecule is CCCCNc1nnc(-c2ccc(=O)n(CCOC)n2)s1. The van der Waals surface area contributed by atoms with Gasteiger partial charge in [0, 0.05) is 19.7 Å². The number of rotatable bonds is 8. The van der Waals surface area contributed by atoms with Crippen LogP contribution in [-0.4, -0.2) is 40.2 Å². The van der Waals surface area contributed by atoms with Crippen molar-refractivity contribution in [1.82, 2.24) is 20.0 Å². The standard InChI is InChI=1S/C13H19N5O2S/c1-3-4-7-14-13-16-15-12(21-13)10-5-6-11(19)18(17-10)8-9-20-2/h5-6H,3-4,7-9H2,1-2H3,(H,14,16). The van der Waals surface area contributed by atoms with Crippen molar-refractivity contribution in [3.63, 3.8) is 0 Å². The van der Waals surface area contributed by atoms with Crippen LogP contribution in [0.1, 0.15) is 19.8 Å². The summed E-state index contributed by atoms with van der Waals surface area (Å²) in [6.07, 6.45) is 2.22. The zero-order chi connectivity index (χ0) is 15.1. The fraction of sp³-hybridized carbons (Fsp3) is 0.538. The van der Waals surface area contributed by atoms with Crippen LogP contribution in [0.25, 0.3) is 10.7 Å². The van der Waals surface area contributed by atoms with Crippen LogP contribution in [0.5, 0.6) is 0 Å². The van der Waals surface area contributed by atoms with Gasteiger partial charge >= 0.3 is 0 Å². The first-order chi connectivity index (χ1) is 10.2. The zero-order valence-electron chi connectivity index (χ0n) is 12.2. The third-order valence-electron chi connectivity index (χ3n) is 2.82. The summed E-state index contributed by atoms with van der Waals surface area (Å²) in [6, 6.07) is 3.16. The summed E-state index contributed by atoms with van der Waals surface area (Å²) < 4.78 is 6.35. The molecule has 7 nitrogen and oxygen atoms in total. The number of hydrogen-bond donors (Lipinski definition) is 1. The molecular formula is C13H19N5O2S. The van der Waals surface area contributed by atoms with E-state index in [1.54, 1.807) is 13.2 Å². The van der Waals surface area contributed by atoms with Crippen LogP contribution in [0, 0.1) is 0 Å². The second-order valence-electron chi connectivity index (χ2n) is 4.47. The molecule has 2 rings (SSSR count). The Labute approximate surface area is 127 Å². The molecule has 0 amide bonds. The number of nitrogens with one attached hydrogen (secondary N) is 1. The largest absolute Gasteiger partial charge is 0.383 e. The molecular weight excluding hydrogens is 290 g/mol. The Morgan fingerprint density at radius 1 is 1.38 bits per heavy atom. The van der Waals surface area contributed by atoms with Crippen molar-refractivity contribution in [2.45, 2.75) is 26.3 Å². The Kier molecular flexibility index (Phi) is 5.82. The average molecular weight is 309 g/mol. The number of unbranched alkanes of at least 4 members (excludes halogenated alkanes) is 1. The maximum Gasteiger partial charge on any atom is 0.266 e. The van der Waals surface area contributed by atoms with Gasteiger partial charge in [0.15, 0.2) is 5.01 Å². The topological polar surface area (TPSA) is 81.9 Å². The van der Waals surface area contributed by atoms with Gasteiger partial charge in [0.2, 0.25) is 5.13 Å². The van der Waals surface area contributed by atoms with Gasteiger partial charge in [-0.3, -0.25) is 4.79 Å². The predicted molar refractivity (Wildman–Crippen MR) is 82.7 cm³/mol. The molecule has 0 aliphatic rings. The highest BCUT2D eigenvalue weighted by Crippen LogP contribution is 2.23. The molecule has 0 spiro atoms. The van der Waals surface area contributed by atoms with Gasteiger partial charge < -0.3 is 10.1 Å². The van der Waals surface area contributed by atoms with Gasteiger partial charge in [-0.2, -0.15) is 5.10 Å². The van der Waals surface area contributed by atoms with Crippen LogP contribution in [0.3, 0.4) is 0 Å². The Bertz CT molecular complexity index is 625. The van der Waals surface area contributed by atoms with Crippen LogP contribution < -0.4 is 10.9 Å². The normalized spacial score (nSPS) is 10.8. The second kappa shape index (κ2) is 7.84. The van der Waals surface area contributed by atoms with Gasteiger partial charge in [-0.05, 0) is 12.5 Å². The molecule has 0 fully saturated rings. The molecule has 0 aromatic carbocycles. The minimum absolute atomic E-state index is 0.151. The molecule has 8 heteroatoms. The second-order valence-corrected chi connectivity index (χ2v) is 5.44. The summed E-state index contributed by atoms with van der Waals surface area (Å²) in [7, 11) is 1.59. The van der Waals surface area contributed by atoms with Gasteiger partial charge in [-0.1, -0.05) is 24.7 Å². The van der Waals surface area contributed by atoms with Gasteiger partial charge in [-0.25, -0.2) is 4.68 Å². The zero-order valence-corrected chi connectivity index (χ0v) is 13.0. The molecule has 0 atom stereocenters. The molecule has 0 saturated carbocycles. The molecule has 2 aromatic heterocycles. The fourth-order valence-electron chi connectivity index (χ4n) is 1.67. The molecule has 21 heavy (non-hydrogen) atoms. The number of aromatic nitrogens is 4. The smallest absolute Gasteiger partial charge is 0.266 e. The van der Waals surface area contributed by atoms with E-state index in [1.807, 2.05) is 0 Å². The first-order valence-electron chi connectivity index (χ1n) is 6.89. The van der Waals surface area contributed by atoms with Gasteiger partial charge in [0.1, 0.15) is 5.69 Å². The van der Waals surface area contributed by atoms with E-state index < -0.39 is 0 Å². The summed E-state index contributed by atoms with van der Waals surface area (Å²) in [6.45, 7) is 3.88. The summed E-state index contributed by atoms with van der Waals surface area (Å²) >= 11 is 1.43. The lowest BCUT2D eigenvalue weighted by Gasteiger charge is -2.04. The molecule has 1 N–H and O–H groups in total. The maximum atomic E-state index is 11.7. The molecule has 0 bridgehead atoms. The highest BCUT2D eigenvalue weighted by molar-refractivity contribution is 7.18. The summed E-state index contributed by atoms with van der Waals surface area (Å²) in [4.78, 5) is 11.7. The third kappa shape index (κ3) is 4.33. The molecule has 0 aliphatic heterocycles. The van der Waals surface area contributed by atoms with Crippen LogP contribution in [0.2, 0.25) is 0 Å². The van der Waals surface area contributed by atoms with Gasteiger partial charge in [0.05, 0.1) is 13.2 Å². The Hall–Kier alpha value is -1.80. The minimum Gasteiger partial charge on any atom is -0.383 e. The van der Waals surface area contributed by atoms with E-state index in [-0.39, 0.29) is 5.56 Å². The van der Waals surface area contributed by atoms with Crippen molar-refractivity contribution in [2.75, 3.05) is 25.6 Å². The molecule has 2 heterocycles. The van der Waals surface area contributed by atoms with Crippen LogP contribution in [0.15, 0.2) is 16.9 Å². The Balaban J connectivity index is 2.12. The van der Waals surface area contributed by atoms with E-state index in [2.05, 4.69) is 27.5 Å². The Morgan fingerprint density at radius 3 is 3.00 bits per heavy atom. The van der Waals surface area contributed by atoms with Gasteiger partial charge in [0.25, 0.3) is 5.56 Å². The van der Waals surface area contributed by atoms with Gasteiger partial charge in [-0.15, -0.1) is 10.2 Å². The lowest BCUT2D eigenvalue weighted by Crippen LogP contribution is -2.24. The highest BCUT2D eigenvalue weighted by atomic mass is 32.1. The van der Waals surface area contributed by atoms with E-state index >= 15 is 0 Å².